The summed E-state index contributed by atoms with van der Waals surface area (Å²) in [6.45, 7) is 5.66. The molecule has 3 rings (SSSR count). The molecule has 0 unspecified atom stereocenters. The van der Waals surface area contributed by atoms with E-state index in [0.29, 0.717) is 24.7 Å². The van der Waals surface area contributed by atoms with Gasteiger partial charge >= 0.3 is 0 Å². The van der Waals surface area contributed by atoms with Crippen LogP contribution in [0.25, 0.3) is 0 Å². The van der Waals surface area contributed by atoms with Crippen LogP contribution in [0.15, 0.2) is 29.3 Å². The molecule has 0 spiro atoms. The molecule has 7 nitrogen and oxygen atoms in total. The van der Waals surface area contributed by atoms with Gasteiger partial charge in [-0.05, 0) is 37.6 Å². The molecule has 0 saturated heterocycles. The highest BCUT2D eigenvalue weighted by atomic mass is 35.5. The van der Waals surface area contributed by atoms with Crippen molar-refractivity contribution in [2.45, 2.75) is 32.9 Å². The SMILES string of the molecule is CCNC(=NCc1nnc2n1CCC2)N(C)CCOc1ccc(Cl)cc1. The highest BCUT2D eigenvalue weighted by Gasteiger charge is 2.17. The number of hydrogen-bond acceptors (Lipinski definition) is 4. The van der Waals surface area contributed by atoms with E-state index in [1.165, 1.54) is 0 Å². The van der Waals surface area contributed by atoms with E-state index >= 15 is 0 Å². The summed E-state index contributed by atoms with van der Waals surface area (Å²) in [5.41, 5.74) is 0. The van der Waals surface area contributed by atoms with Crippen molar-refractivity contribution in [2.75, 3.05) is 26.7 Å². The molecule has 0 fully saturated rings. The molecule has 1 N–H and O–H groups in total. The lowest BCUT2D eigenvalue weighted by Gasteiger charge is -2.22. The fraction of sp³-hybridized carbons (Fsp3) is 0.500. The van der Waals surface area contributed by atoms with Gasteiger partial charge in [0.1, 0.15) is 24.7 Å². The van der Waals surface area contributed by atoms with Crippen LogP contribution in [0.4, 0.5) is 0 Å². The van der Waals surface area contributed by atoms with Gasteiger partial charge in [0.25, 0.3) is 0 Å². The Labute approximate surface area is 159 Å². The summed E-state index contributed by atoms with van der Waals surface area (Å²) < 4.78 is 7.94. The van der Waals surface area contributed by atoms with Crippen molar-refractivity contribution in [3.63, 3.8) is 0 Å². The summed E-state index contributed by atoms with van der Waals surface area (Å²) in [4.78, 5) is 6.76. The number of aliphatic imine (C=N–C) groups is 1. The number of benzene rings is 1. The second kappa shape index (κ2) is 8.89. The van der Waals surface area contributed by atoms with Gasteiger partial charge in [-0.3, -0.25) is 0 Å². The molecule has 0 radical (unpaired) electrons. The van der Waals surface area contributed by atoms with Crippen LogP contribution in [0.1, 0.15) is 25.0 Å². The zero-order valence-electron chi connectivity index (χ0n) is 15.3. The average molecular weight is 377 g/mol. The smallest absolute Gasteiger partial charge is 0.194 e. The minimum absolute atomic E-state index is 0.526. The van der Waals surface area contributed by atoms with Gasteiger partial charge in [0, 0.05) is 31.6 Å². The zero-order valence-corrected chi connectivity index (χ0v) is 16.0. The van der Waals surface area contributed by atoms with Gasteiger partial charge < -0.3 is 19.5 Å². The van der Waals surface area contributed by atoms with E-state index in [9.17, 15) is 0 Å². The number of halogens is 1. The summed E-state index contributed by atoms with van der Waals surface area (Å²) in [7, 11) is 2.00. The Hall–Kier alpha value is -2.28. The van der Waals surface area contributed by atoms with Crippen LogP contribution in [-0.2, 0) is 19.5 Å². The van der Waals surface area contributed by atoms with E-state index in [0.717, 1.165) is 49.3 Å². The molecule has 0 atom stereocenters. The van der Waals surface area contributed by atoms with E-state index in [4.69, 9.17) is 21.3 Å². The molecule has 26 heavy (non-hydrogen) atoms. The van der Waals surface area contributed by atoms with Crippen molar-refractivity contribution in [3.05, 3.63) is 40.9 Å². The summed E-state index contributed by atoms with van der Waals surface area (Å²) in [6.07, 6.45) is 2.16. The number of ether oxygens (including phenoxy) is 1. The standard InChI is InChI=1S/C18H25ClN6O/c1-3-20-18(21-13-17-23-22-16-5-4-10-25(16)17)24(2)11-12-26-15-8-6-14(19)7-9-15/h6-9H,3-5,10-13H2,1-2H3,(H,20,21). The highest BCUT2D eigenvalue weighted by Crippen LogP contribution is 2.16. The minimum atomic E-state index is 0.526. The normalized spacial score (nSPS) is 13.6. The first kappa shape index (κ1) is 18.5. The quantitative estimate of drug-likeness (QED) is 0.593. The van der Waals surface area contributed by atoms with E-state index in [2.05, 4.69) is 31.9 Å². The Balaban J connectivity index is 1.54. The van der Waals surface area contributed by atoms with Crippen molar-refractivity contribution in [1.82, 2.24) is 25.0 Å². The lowest BCUT2D eigenvalue weighted by molar-refractivity contribution is 0.281. The molecular formula is C18H25ClN6O. The number of hydrogen-bond donors (Lipinski definition) is 1. The van der Waals surface area contributed by atoms with Gasteiger partial charge in [0.2, 0.25) is 0 Å². The molecule has 1 aliphatic heterocycles. The third-order valence-corrected chi connectivity index (χ3v) is 4.51. The van der Waals surface area contributed by atoms with Gasteiger partial charge in [-0.1, -0.05) is 11.6 Å². The molecule has 140 valence electrons. The van der Waals surface area contributed by atoms with Crippen LogP contribution < -0.4 is 10.1 Å². The Kier molecular flexibility index (Phi) is 6.33. The lowest BCUT2D eigenvalue weighted by Crippen LogP contribution is -2.40. The van der Waals surface area contributed by atoms with Crippen molar-refractivity contribution in [3.8, 4) is 5.75 Å². The number of likely N-dealkylation sites (N-methyl/N-ethyl adjacent to an activating group) is 1. The molecule has 2 heterocycles. The minimum Gasteiger partial charge on any atom is -0.492 e. The fourth-order valence-electron chi connectivity index (χ4n) is 2.88. The van der Waals surface area contributed by atoms with Gasteiger partial charge in [0.05, 0.1) is 6.54 Å². The number of guanidine groups is 1. The predicted octanol–water partition coefficient (Wildman–Crippen LogP) is 2.35. The molecule has 0 aliphatic carbocycles. The molecule has 0 saturated carbocycles. The first-order valence-electron chi connectivity index (χ1n) is 8.96. The van der Waals surface area contributed by atoms with Gasteiger partial charge in [-0.25, -0.2) is 4.99 Å². The van der Waals surface area contributed by atoms with Crippen molar-refractivity contribution in [1.29, 1.82) is 0 Å². The van der Waals surface area contributed by atoms with E-state index in [1.54, 1.807) is 0 Å². The topological polar surface area (TPSA) is 67.6 Å². The van der Waals surface area contributed by atoms with Crippen LogP contribution in [-0.4, -0.2) is 52.4 Å². The number of aromatic nitrogens is 3. The van der Waals surface area contributed by atoms with Crippen molar-refractivity contribution < 1.29 is 4.74 Å². The number of fused-ring (bicyclic) bond motifs is 1. The van der Waals surface area contributed by atoms with E-state index in [-0.39, 0.29) is 0 Å². The second-order valence-corrected chi connectivity index (χ2v) is 6.62. The average Bonchev–Trinajstić information content (AvgIpc) is 3.24. The Morgan fingerprint density at radius 3 is 2.92 bits per heavy atom. The van der Waals surface area contributed by atoms with Gasteiger partial charge in [-0.2, -0.15) is 0 Å². The van der Waals surface area contributed by atoms with Gasteiger partial charge in [-0.15, -0.1) is 10.2 Å². The molecular weight excluding hydrogens is 352 g/mol. The monoisotopic (exact) mass is 376 g/mol. The van der Waals surface area contributed by atoms with Crippen LogP contribution >= 0.6 is 11.6 Å². The molecule has 8 heteroatoms. The third kappa shape index (κ3) is 4.66. The molecule has 1 aliphatic rings. The third-order valence-electron chi connectivity index (χ3n) is 4.26. The maximum Gasteiger partial charge on any atom is 0.194 e. The maximum atomic E-state index is 5.89. The molecule has 2 aromatic rings. The number of aryl methyl sites for hydroxylation is 1. The van der Waals surface area contributed by atoms with Crippen molar-refractivity contribution >= 4 is 17.6 Å². The Morgan fingerprint density at radius 1 is 1.35 bits per heavy atom. The molecule has 1 aromatic carbocycles. The highest BCUT2D eigenvalue weighted by molar-refractivity contribution is 6.30. The summed E-state index contributed by atoms with van der Waals surface area (Å²) in [5, 5.41) is 12.5. The molecule has 0 amide bonds. The van der Waals surface area contributed by atoms with Crippen molar-refractivity contribution in [2.24, 2.45) is 4.99 Å². The number of rotatable bonds is 7. The largest absolute Gasteiger partial charge is 0.492 e. The lowest BCUT2D eigenvalue weighted by atomic mass is 10.3. The number of nitrogens with one attached hydrogen (secondary N) is 1. The maximum absolute atomic E-state index is 5.89. The van der Waals surface area contributed by atoms with E-state index in [1.807, 2.05) is 31.3 Å². The zero-order chi connectivity index (χ0) is 18.4. The Morgan fingerprint density at radius 2 is 2.15 bits per heavy atom. The Bertz CT molecular complexity index is 743. The second-order valence-electron chi connectivity index (χ2n) is 6.18. The van der Waals surface area contributed by atoms with Crippen LogP contribution in [0.5, 0.6) is 5.75 Å². The first-order chi connectivity index (χ1) is 12.7. The first-order valence-corrected chi connectivity index (χ1v) is 9.34. The molecule has 1 aromatic heterocycles. The fourth-order valence-corrected chi connectivity index (χ4v) is 3.01. The van der Waals surface area contributed by atoms with Crippen LogP contribution in [0.3, 0.4) is 0 Å². The summed E-state index contributed by atoms with van der Waals surface area (Å²) in [5.74, 6) is 3.65. The predicted molar refractivity (Wildman–Crippen MR) is 103 cm³/mol. The van der Waals surface area contributed by atoms with Gasteiger partial charge in [0.15, 0.2) is 11.8 Å². The number of nitrogens with zero attached hydrogens (tertiary/aromatic N) is 5. The summed E-state index contributed by atoms with van der Waals surface area (Å²) in [6, 6.07) is 7.38. The van der Waals surface area contributed by atoms with E-state index < -0.39 is 0 Å². The van der Waals surface area contributed by atoms with Crippen LogP contribution in [0.2, 0.25) is 5.02 Å². The van der Waals surface area contributed by atoms with Crippen LogP contribution in [0, 0.1) is 0 Å². The molecule has 0 bridgehead atoms. The summed E-state index contributed by atoms with van der Waals surface area (Å²) >= 11 is 5.89.